The van der Waals surface area contributed by atoms with Crippen LogP contribution in [0.5, 0.6) is 0 Å². The van der Waals surface area contributed by atoms with Gasteiger partial charge in [0.2, 0.25) is 5.92 Å². The fourth-order valence-corrected chi connectivity index (χ4v) is 4.32. The second kappa shape index (κ2) is 11.9. The van der Waals surface area contributed by atoms with Crippen LogP contribution >= 0.6 is 0 Å². The molecule has 0 aliphatic heterocycles. The zero-order valence-corrected chi connectivity index (χ0v) is 21.5. The lowest BCUT2D eigenvalue weighted by atomic mass is 9.81. The van der Waals surface area contributed by atoms with Crippen LogP contribution in [0.3, 0.4) is 0 Å². The third-order valence-corrected chi connectivity index (χ3v) is 6.24. The molecule has 2 heterocycles. The van der Waals surface area contributed by atoms with Gasteiger partial charge in [-0.1, -0.05) is 0 Å². The number of aromatic nitrogens is 3. The van der Waals surface area contributed by atoms with E-state index in [0.717, 1.165) is 0 Å². The van der Waals surface area contributed by atoms with Crippen LogP contribution in [0.1, 0.15) is 69.8 Å². The minimum absolute atomic E-state index is 0.134. The first-order valence-electron chi connectivity index (χ1n) is 12.3. The van der Waals surface area contributed by atoms with Gasteiger partial charge in [0.15, 0.2) is 5.65 Å². The Morgan fingerprint density at radius 2 is 1.97 bits per heavy atom. The molecular weight excluding hydrogens is 496 g/mol. The molecule has 208 valence electrons. The number of hydrogen-bond donors (Lipinski definition) is 3. The van der Waals surface area contributed by atoms with Gasteiger partial charge in [-0.2, -0.15) is 5.10 Å². The molecule has 4 N–H and O–H groups in total. The van der Waals surface area contributed by atoms with E-state index < -0.39 is 42.2 Å². The molecule has 0 aromatic carbocycles. The number of hydrogen-bond acceptors (Lipinski definition) is 7. The molecule has 37 heavy (non-hydrogen) atoms. The summed E-state index contributed by atoms with van der Waals surface area (Å²) in [5.74, 6) is -2.99. The van der Waals surface area contributed by atoms with Gasteiger partial charge in [0.05, 0.1) is 42.8 Å². The predicted octanol–water partition coefficient (Wildman–Crippen LogP) is 3.99. The number of imidazole rings is 1. The minimum Gasteiger partial charge on any atom is -0.444 e. The molecule has 1 amide bonds. The normalized spacial score (nSPS) is 19.1. The van der Waals surface area contributed by atoms with E-state index in [1.807, 2.05) is 0 Å². The molecule has 0 bridgehead atoms. The number of alkyl halides is 4. The summed E-state index contributed by atoms with van der Waals surface area (Å²) in [5.41, 5.74) is 6.25. The molecule has 2 aromatic heterocycles. The zero-order valence-electron chi connectivity index (χ0n) is 21.5. The van der Waals surface area contributed by atoms with Crippen molar-refractivity contribution in [1.29, 1.82) is 0 Å². The van der Waals surface area contributed by atoms with E-state index in [1.165, 1.54) is 11.6 Å². The van der Waals surface area contributed by atoms with Crippen molar-refractivity contribution in [2.75, 3.05) is 20.3 Å². The Labute approximate surface area is 213 Å². The number of rotatable bonds is 10. The monoisotopic (exact) mass is 532 g/mol. The van der Waals surface area contributed by atoms with E-state index in [1.54, 1.807) is 39.2 Å². The molecule has 0 spiro atoms. The number of nitrogens with two attached hydrogens (primary N) is 1. The Hall–Kier alpha value is -2.51. The topological polar surface area (TPSA) is 116 Å². The SMILES string of the molecule is COC[C@@H](NC[C@H](N)C(F)F)c1cnn2cc([C@@H](NC(=O)OC(C)(C)C)C3CCC(F)(F)CC3)nc2c1. The molecule has 3 atom stereocenters. The first-order chi connectivity index (χ1) is 17.3. The highest BCUT2D eigenvalue weighted by atomic mass is 19.3. The molecule has 3 rings (SSSR count). The molecule has 0 unspecified atom stereocenters. The molecule has 13 heteroatoms. The van der Waals surface area contributed by atoms with Crippen molar-refractivity contribution in [1.82, 2.24) is 25.2 Å². The lowest BCUT2D eigenvalue weighted by molar-refractivity contribution is -0.0500. The lowest BCUT2D eigenvalue weighted by Gasteiger charge is -2.33. The second-order valence-electron chi connectivity index (χ2n) is 10.5. The number of carbonyl (C=O) groups is 1. The third kappa shape index (κ3) is 8.24. The second-order valence-corrected chi connectivity index (χ2v) is 10.5. The van der Waals surface area contributed by atoms with Gasteiger partial charge in [-0.3, -0.25) is 0 Å². The Bertz CT molecular complexity index is 1040. The van der Waals surface area contributed by atoms with Crippen LogP contribution in [-0.2, 0) is 9.47 Å². The Morgan fingerprint density at radius 3 is 2.57 bits per heavy atom. The van der Waals surface area contributed by atoms with Gasteiger partial charge in [-0.05, 0) is 51.2 Å². The van der Waals surface area contributed by atoms with Gasteiger partial charge >= 0.3 is 6.09 Å². The average Bonchev–Trinajstić information content (AvgIpc) is 3.22. The molecule has 1 saturated carbocycles. The van der Waals surface area contributed by atoms with Crippen molar-refractivity contribution in [2.45, 2.75) is 82.5 Å². The average molecular weight is 533 g/mol. The summed E-state index contributed by atoms with van der Waals surface area (Å²) >= 11 is 0. The van der Waals surface area contributed by atoms with Crippen LogP contribution in [0.15, 0.2) is 18.5 Å². The van der Waals surface area contributed by atoms with Crippen molar-refractivity contribution >= 4 is 11.7 Å². The Balaban J connectivity index is 1.86. The maximum Gasteiger partial charge on any atom is 0.408 e. The van der Waals surface area contributed by atoms with Crippen molar-refractivity contribution < 1.29 is 31.8 Å². The first-order valence-corrected chi connectivity index (χ1v) is 12.3. The van der Waals surface area contributed by atoms with Gasteiger partial charge in [0.25, 0.3) is 6.43 Å². The fraction of sp³-hybridized carbons (Fsp3) is 0.708. The van der Waals surface area contributed by atoms with E-state index in [4.69, 9.17) is 15.2 Å². The largest absolute Gasteiger partial charge is 0.444 e. The van der Waals surface area contributed by atoms with Crippen LogP contribution in [0, 0.1) is 5.92 Å². The number of nitrogens with zero attached hydrogens (tertiary/aromatic N) is 3. The van der Waals surface area contributed by atoms with Crippen LogP contribution in [0.25, 0.3) is 5.65 Å². The maximum absolute atomic E-state index is 13.8. The number of halogens is 4. The van der Waals surface area contributed by atoms with Crippen molar-refractivity contribution in [3.63, 3.8) is 0 Å². The van der Waals surface area contributed by atoms with E-state index in [-0.39, 0.29) is 44.8 Å². The predicted molar refractivity (Wildman–Crippen MR) is 129 cm³/mol. The third-order valence-electron chi connectivity index (χ3n) is 6.24. The van der Waals surface area contributed by atoms with E-state index in [0.29, 0.717) is 16.9 Å². The number of carbonyl (C=O) groups excluding carboxylic acids is 1. The lowest BCUT2D eigenvalue weighted by Crippen LogP contribution is -2.41. The van der Waals surface area contributed by atoms with E-state index >= 15 is 0 Å². The summed E-state index contributed by atoms with van der Waals surface area (Å²) in [6, 6.07) is -0.742. The van der Waals surface area contributed by atoms with Crippen LogP contribution < -0.4 is 16.4 Å². The van der Waals surface area contributed by atoms with Crippen molar-refractivity contribution in [2.24, 2.45) is 11.7 Å². The summed E-state index contributed by atoms with van der Waals surface area (Å²) in [5, 5.41) is 10.2. The smallest absolute Gasteiger partial charge is 0.408 e. The maximum atomic E-state index is 13.8. The minimum atomic E-state index is -2.72. The molecule has 1 aliphatic carbocycles. The highest BCUT2D eigenvalue weighted by Gasteiger charge is 2.39. The molecular formula is C24H36F4N6O3. The molecule has 0 saturated heterocycles. The number of nitrogens with one attached hydrogen (secondary N) is 2. The summed E-state index contributed by atoms with van der Waals surface area (Å²) in [4.78, 5) is 17.2. The van der Waals surface area contributed by atoms with Gasteiger partial charge in [-0.15, -0.1) is 0 Å². The summed E-state index contributed by atoms with van der Waals surface area (Å²) in [6.07, 6.45) is -0.259. The van der Waals surface area contributed by atoms with Gasteiger partial charge in [-0.25, -0.2) is 31.9 Å². The zero-order chi connectivity index (χ0) is 27.4. The van der Waals surface area contributed by atoms with Crippen molar-refractivity contribution in [3.05, 3.63) is 29.7 Å². The fourth-order valence-electron chi connectivity index (χ4n) is 4.32. The number of alkyl carbamates (subject to hydrolysis) is 1. The quantitative estimate of drug-likeness (QED) is 0.396. The summed E-state index contributed by atoms with van der Waals surface area (Å²) < 4.78 is 65.4. The molecule has 2 aromatic rings. The number of methoxy groups -OCH3 is 1. The number of amides is 1. The Morgan fingerprint density at radius 1 is 1.30 bits per heavy atom. The van der Waals surface area contributed by atoms with E-state index in [2.05, 4.69) is 20.7 Å². The number of fused-ring (bicyclic) bond motifs is 1. The highest BCUT2D eigenvalue weighted by molar-refractivity contribution is 5.68. The molecule has 0 radical (unpaired) electrons. The van der Waals surface area contributed by atoms with Crippen molar-refractivity contribution in [3.8, 4) is 0 Å². The van der Waals surface area contributed by atoms with E-state index in [9.17, 15) is 22.4 Å². The molecule has 1 fully saturated rings. The summed E-state index contributed by atoms with van der Waals surface area (Å²) in [6.45, 7) is 5.25. The standard InChI is InChI=1S/C24H36F4N6O3/c1-23(2,3)37-22(35)33-20(14-5-7-24(27,28)8-6-14)17-12-34-19(32-17)9-15(10-31-34)18(13-36-4)30-11-16(29)21(25)26/h9-10,12,14,16,18,20-21,30H,5-8,11,13,29H2,1-4H3,(H,33,35)/t16-,18+,20-/m0/s1. The first kappa shape index (κ1) is 29.1. The van der Waals surface area contributed by atoms with Gasteiger partial charge in [0, 0.05) is 26.5 Å². The van der Waals surface area contributed by atoms with Crippen LogP contribution in [0.2, 0.25) is 0 Å². The van der Waals surface area contributed by atoms with Gasteiger partial charge in [0.1, 0.15) is 5.60 Å². The molecule has 1 aliphatic rings. The Kier molecular flexibility index (Phi) is 9.35. The van der Waals surface area contributed by atoms with Crippen LogP contribution in [-0.4, -0.2) is 64.9 Å². The molecule has 9 nitrogen and oxygen atoms in total. The number of ether oxygens (including phenoxy) is 2. The van der Waals surface area contributed by atoms with Crippen LogP contribution in [0.4, 0.5) is 22.4 Å². The highest BCUT2D eigenvalue weighted by Crippen LogP contribution is 2.41. The summed E-state index contributed by atoms with van der Waals surface area (Å²) in [7, 11) is 1.49. The van der Waals surface area contributed by atoms with Gasteiger partial charge < -0.3 is 25.8 Å².